The van der Waals surface area contributed by atoms with Crippen molar-refractivity contribution in [3.8, 4) is 11.5 Å². The van der Waals surface area contributed by atoms with Gasteiger partial charge in [0.2, 0.25) is 0 Å². The molecule has 0 amide bonds. The van der Waals surface area contributed by atoms with Crippen LogP contribution in [-0.2, 0) is 9.47 Å². The van der Waals surface area contributed by atoms with Gasteiger partial charge in [-0.2, -0.15) is 0 Å². The second-order valence-corrected chi connectivity index (χ2v) is 9.04. The van der Waals surface area contributed by atoms with E-state index in [4.69, 9.17) is 18.9 Å². The Labute approximate surface area is 212 Å². The van der Waals surface area contributed by atoms with Crippen molar-refractivity contribution in [2.45, 2.75) is 37.9 Å². The van der Waals surface area contributed by atoms with Gasteiger partial charge in [-0.15, -0.1) is 0 Å². The summed E-state index contributed by atoms with van der Waals surface area (Å²) in [6, 6.07) is 23.7. The van der Waals surface area contributed by atoms with Crippen LogP contribution in [0.3, 0.4) is 0 Å². The van der Waals surface area contributed by atoms with Gasteiger partial charge in [-0.3, -0.25) is 9.98 Å². The van der Waals surface area contributed by atoms with E-state index in [2.05, 4.69) is 9.98 Å². The van der Waals surface area contributed by atoms with Gasteiger partial charge in [-0.25, -0.2) is 0 Å². The second-order valence-electron chi connectivity index (χ2n) is 9.04. The summed E-state index contributed by atoms with van der Waals surface area (Å²) in [5.41, 5.74) is 3.61. The van der Waals surface area contributed by atoms with E-state index in [9.17, 15) is 0 Å². The number of nitrogens with zero attached hydrogens (tertiary/aromatic N) is 2. The smallest absolute Gasteiger partial charge is 0.119 e. The molecule has 3 aromatic carbocycles. The van der Waals surface area contributed by atoms with Crippen LogP contribution < -0.4 is 9.47 Å². The summed E-state index contributed by atoms with van der Waals surface area (Å²) >= 11 is 0. The molecule has 3 aromatic rings. The van der Waals surface area contributed by atoms with E-state index in [0.717, 1.165) is 72.9 Å². The summed E-state index contributed by atoms with van der Waals surface area (Å²) in [7, 11) is 0. The van der Waals surface area contributed by atoms with Gasteiger partial charge in [0.25, 0.3) is 0 Å². The predicted octanol–water partition coefficient (Wildman–Crippen LogP) is 6.30. The van der Waals surface area contributed by atoms with Gasteiger partial charge in [0.1, 0.15) is 24.7 Å². The predicted molar refractivity (Wildman–Crippen MR) is 143 cm³/mol. The van der Waals surface area contributed by atoms with E-state index in [1.807, 2.05) is 85.2 Å². The highest BCUT2D eigenvalue weighted by atomic mass is 16.5. The van der Waals surface area contributed by atoms with Crippen molar-refractivity contribution in [2.75, 3.05) is 26.4 Å². The summed E-state index contributed by atoms with van der Waals surface area (Å²) < 4.78 is 22.9. The molecule has 2 atom stereocenters. The third kappa shape index (κ3) is 7.03. The van der Waals surface area contributed by atoms with E-state index in [1.54, 1.807) is 0 Å². The molecular weight excluding hydrogens is 452 g/mol. The lowest BCUT2D eigenvalue weighted by molar-refractivity contribution is 0.0679. The number of ether oxygens (including phenoxy) is 4. The van der Waals surface area contributed by atoms with Crippen molar-refractivity contribution in [1.29, 1.82) is 0 Å². The standard InChI is InChI=1S/C30H32N2O4/c1-2-8-30(32-20-24-11-15-26(16-12-24)36-22-28-6-4-18-34-28)29(7-1)31-19-23-9-13-25(14-10-23)35-21-27-5-3-17-33-27/h1-2,7-16,19-20,27-28H,3-6,17-18,21-22H2/t27-,28+. The summed E-state index contributed by atoms with van der Waals surface area (Å²) in [5.74, 6) is 1.69. The molecule has 0 radical (unpaired) electrons. The number of aliphatic imine (C=N–C) groups is 2. The Hall–Kier alpha value is -3.48. The first-order chi connectivity index (χ1) is 17.8. The van der Waals surface area contributed by atoms with E-state index >= 15 is 0 Å². The highest BCUT2D eigenvalue weighted by Crippen LogP contribution is 2.27. The number of benzene rings is 3. The molecule has 0 N–H and O–H groups in total. The van der Waals surface area contributed by atoms with Crippen molar-refractivity contribution in [1.82, 2.24) is 0 Å². The topological polar surface area (TPSA) is 61.6 Å². The Bertz CT molecular complexity index is 1050. The van der Waals surface area contributed by atoms with Gasteiger partial charge in [-0.1, -0.05) is 12.1 Å². The number of rotatable bonds is 10. The molecule has 186 valence electrons. The first-order valence-electron chi connectivity index (χ1n) is 12.7. The fourth-order valence-corrected chi connectivity index (χ4v) is 4.20. The Kier molecular flexibility index (Phi) is 8.39. The maximum Gasteiger partial charge on any atom is 0.119 e. The average Bonchev–Trinajstić information content (AvgIpc) is 3.65. The molecule has 6 nitrogen and oxygen atoms in total. The molecule has 0 aliphatic carbocycles. The third-order valence-corrected chi connectivity index (χ3v) is 6.27. The Morgan fingerprint density at radius 2 is 1.08 bits per heavy atom. The largest absolute Gasteiger partial charge is 0.491 e. The Morgan fingerprint density at radius 1 is 0.639 bits per heavy atom. The number of para-hydroxylation sites is 2. The zero-order valence-electron chi connectivity index (χ0n) is 20.4. The zero-order valence-corrected chi connectivity index (χ0v) is 20.4. The highest BCUT2D eigenvalue weighted by molar-refractivity contribution is 5.86. The van der Waals surface area contributed by atoms with Crippen molar-refractivity contribution in [2.24, 2.45) is 9.98 Å². The SMILES string of the molecule is C(=Nc1ccccc1N=Cc1ccc(OC[C@@H]2CCCO2)cc1)c1ccc(OC[C@H]2CCCO2)cc1. The molecule has 2 aliphatic rings. The maximum atomic E-state index is 5.84. The maximum absolute atomic E-state index is 5.84. The van der Waals surface area contributed by atoms with Crippen LogP contribution in [0.5, 0.6) is 11.5 Å². The molecular formula is C30H32N2O4. The van der Waals surface area contributed by atoms with Crippen LogP contribution in [0.25, 0.3) is 0 Å². The molecule has 0 unspecified atom stereocenters. The molecule has 2 fully saturated rings. The van der Waals surface area contributed by atoms with Crippen LogP contribution >= 0.6 is 0 Å². The molecule has 0 bridgehead atoms. The molecule has 2 saturated heterocycles. The molecule has 0 aromatic heterocycles. The minimum absolute atomic E-state index is 0.214. The summed E-state index contributed by atoms with van der Waals surface area (Å²) in [5, 5.41) is 0. The number of hydrogen-bond donors (Lipinski definition) is 0. The quantitative estimate of drug-likeness (QED) is 0.317. The van der Waals surface area contributed by atoms with E-state index < -0.39 is 0 Å². The highest BCUT2D eigenvalue weighted by Gasteiger charge is 2.16. The first kappa shape index (κ1) is 24.2. The minimum atomic E-state index is 0.214. The molecule has 0 saturated carbocycles. The molecule has 2 heterocycles. The summed E-state index contributed by atoms with van der Waals surface area (Å²) in [6.45, 7) is 2.88. The average molecular weight is 485 g/mol. The monoisotopic (exact) mass is 484 g/mol. The van der Waals surface area contributed by atoms with Crippen LogP contribution in [0.15, 0.2) is 82.8 Å². The number of hydrogen-bond acceptors (Lipinski definition) is 6. The van der Waals surface area contributed by atoms with Gasteiger partial charge in [0, 0.05) is 25.6 Å². The van der Waals surface area contributed by atoms with Crippen LogP contribution in [0, 0.1) is 0 Å². The van der Waals surface area contributed by atoms with Gasteiger partial charge < -0.3 is 18.9 Å². The van der Waals surface area contributed by atoms with E-state index in [0.29, 0.717) is 13.2 Å². The molecule has 0 spiro atoms. The van der Waals surface area contributed by atoms with Crippen LogP contribution in [0.1, 0.15) is 36.8 Å². The van der Waals surface area contributed by atoms with Gasteiger partial charge >= 0.3 is 0 Å². The zero-order chi connectivity index (χ0) is 24.4. The molecule has 36 heavy (non-hydrogen) atoms. The fraction of sp³-hybridized carbons (Fsp3) is 0.333. The minimum Gasteiger partial charge on any atom is -0.491 e. The van der Waals surface area contributed by atoms with Gasteiger partial charge in [0.15, 0.2) is 0 Å². The van der Waals surface area contributed by atoms with E-state index in [1.165, 1.54) is 0 Å². The fourth-order valence-electron chi connectivity index (χ4n) is 4.20. The van der Waals surface area contributed by atoms with Crippen molar-refractivity contribution in [3.63, 3.8) is 0 Å². The first-order valence-corrected chi connectivity index (χ1v) is 12.7. The van der Waals surface area contributed by atoms with Crippen molar-refractivity contribution in [3.05, 3.63) is 83.9 Å². The second kappa shape index (κ2) is 12.5. The summed E-state index contributed by atoms with van der Waals surface area (Å²) in [6.07, 6.45) is 8.50. The van der Waals surface area contributed by atoms with Crippen LogP contribution in [0.4, 0.5) is 11.4 Å². The normalized spacial score (nSPS) is 19.9. The van der Waals surface area contributed by atoms with Gasteiger partial charge in [0.05, 0.1) is 23.6 Å². The lowest BCUT2D eigenvalue weighted by Gasteiger charge is -2.11. The Balaban J connectivity index is 1.16. The summed E-state index contributed by atoms with van der Waals surface area (Å²) in [4.78, 5) is 9.34. The van der Waals surface area contributed by atoms with Crippen molar-refractivity contribution < 1.29 is 18.9 Å². The lowest BCUT2D eigenvalue weighted by atomic mass is 10.2. The van der Waals surface area contributed by atoms with Crippen LogP contribution in [0.2, 0.25) is 0 Å². The third-order valence-electron chi connectivity index (χ3n) is 6.27. The van der Waals surface area contributed by atoms with Crippen molar-refractivity contribution >= 4 is 23.8 Å². The Morgan fingerprint density at radius 3 is 1.47 bits per heavy atom. The lowest BCUT2D eigenvalue weighted by Crippen LogP contribution is -2.16. The van der Waals surface area contributed by atoms with Crippen LogP contribution in [-0.4, -0.2) is 51.1 Å². The molecule has 6 heteroatoms. The molecule has 2 aliphatic heterocycles. The van der Waals surface area contributed by atoms with Gasteiger partial charge in [-0.05, 0) is 97.5 Å². The van der Waals surface area contributed by atoms with E-state index in [-0.39, 0.29) is 12.2 Å². The molecule has 5 rings (SSSR count).